The van der Waals surface area contributed by atoms with Crippen LogP contribution in [0.3, 0.4) is 0 Å². The van der Waals surface area contributed by atoms with E-state index >= 15 is 0 Å². The molecule has 2 atom stereocenters. The third-order valence-electron chi connectivity index (χ3n) is 1.91. The second-order valence-electron chi connectivity index (χ2n) is 2.65. The average Bonchev–Trinajstić information content (AvgIpc) is 2.34. The Bertz CT molecular complexity index is 230. The van der Waals surface area contributed by atoms with Gasteiger partial charge in [0.15, 0.2) is 0 Å². The van der Waals surface area contributed by atoms with Crippen LogP contribution in [0.15, 0.2) is 29.4 Å². The Morgan fingerprint density at radius 3 is 3.00 bits per heavy atom. The summed E-state index contributed by atoms with van der Waals surface area (Å²) in [5, 5.41) is 4.04. The van der Waals surface area contributed by atoms with Gasteiger partial charge in [-0.3, -0.25) is 0 Å². The molecule has 0 aromatic heterocycles. The quantitative estimate of drug-likeness (QED) is 0.649. The van der Waals surface area contributed by atoms with Gasteiger partial charge >= 0.3 is 0 Å². The summed E-state index contributed by atoms with van der Waals surface area (Å²) >= 11 is 0. The minimum atomic E-state index is 0. The molecule has 1 aliphatic heterocycles. The minimum absolute atomic E-state index is 0. The van der Waals surface area contributed by atoms with Crippen molar-refractivity contribution < 1.29 is 21.1 Å². The van der Waals surface area contributed by atoms with Crippen molar-refractivity contribution in [2.45, 2.75) is 13.0 Å². The summed E-state index contributed by atoms with van der Waals surface area (Å²) < 4.78 is 0. The molecule has 0 N–H and O–H groups in total. The van der Waals surface area contributed by atoms with E-state index in [4.69, 9.17) is 0 Å². The summed E-state index contributed by atoms with van der Waals surface area (Å²) in [6, 6.07) is 0.344. The fourth-order valence-corrected chi connectivity index (χ4v) is 1.29. The largest absolute Gasteiger partial charge is 0.599 e. The molecule has 62 valence electrons. The van der Waals surface area contributed by atoms with Gasteiger partial charge in [-0.15, -0.1) is 0 Å². The van der Waals surface area contributed by atoms with Crippen molar-refractivity contribution in [3.05, 3.63) is 29.7 Å². The summed E-state index contributed by atoms with van der Waals surface area (Å²) in [5.74, 6) is 0.449. The Balaban J connectivity index is 0.000000605. The van der Waals surface area contributed by atoms with Crippen LogP contribution in [0, 0.1) is 5.92 Å². The van der Waals surface area contributed by atoms with Crippen LogP contribution in [-0.2, 0) is 21.1 Å². The van der Waals surface area contributed by atoms with E-state index in [9.17, 15) is 0 Å². The standard InChI is InChI=1S/C8H9N2.Pt/c1-6-7-4-2-3-5-8(7)10-9-6;/h2-7H,1H3;/q-1;. The van der Waals surface area contributed by atoms with Crippen LogP contribution in [0.5, 0.6) is 0 Å². The van der Waals surface area contributed by atoms with Crippen molar-refractivity contribution in [2.75, 3.05) is 0 Å². The molecule has 0 fully saturated rings. The molecule has 2 nitrogen and oxygen atoms in total. The first-order chi connectivity index (χ1) is 4.88. The molecule has 1 aliphatic carbocycles. The van der Waals surface area contributed by atoms with Crippen LogP contribution in [0.1, 0.15) is 6.92 Å². The van der Waals surface area contributed by atoms with Gasteiger partial charge in [0.05, 0.1) is 0 Å². The molecule has 0 saturated heterocycles. The van der Waals surface area contributed by atoms with Crippen molar-refractivity contribution in [1.82, 2.24) is 0 Å². The summed E-state index contributed by atoms with van der Waals surface area (Å²) in [7, 11) is 0. The maximum absolute atomic E-state index is 4.07. The number of fused-ring (bicyclic) bond motifs is 1. The first-order valence-electron chi connectivity index (χ1n) is 3.50. The van der Waals surface area contributed by atoms with Crippen LogP contribution in [-0.4, -0.2) is 11.8 Å². The summed E-state index contributed by atoms with van der Waals surface area (Å²) in [4.78, 5) is 0. The molecule has 0 bridgehead atoms. The monoisotopic (exact) mass is 328 g/mol. The van der Waals surface area contributed by atoms with Crippen LogP contribution in [0.25, 0.3) is 5.43 Å². The average molecular weight is 328 g/mol. The van der Waals surface area contributed by atoms with Gasteiger partial charge in [-0.1, -0.05) is 31.2 Å². The molecule has 11 heavy (non-hydrogen) atoms. The molecule has 2 rings (SSSR count). The SMILES string of the molecule is CC1[N-]N=C2C=CC=CC21.[Pt]. The topological polar surface area (TPSA) is 26.5 Å². The number of nitrogens with zero attached hydrogens (tertiary/aromatic N) is 2. The molecule has 3 heteroatoms. The van der Waals surface area contributed by atoms with Gasteiger partial charge in [-0.05, 0) is 6.08 Å². The molecule has 0 saturated carbocycles. The maximum Gasteiger partial charge on any atom is 0.0233 e. The van der Waals surface area contributed by atoms with Gasteiger partial charge in [0, 0.05) is 32.7 Å². The van der Waals surface area contributed by atoms with Crippen molar-refractivity contribution in [1.29, 1.82) is 0 Å². The smallest absolute Gasteiger partial charge is 0.0233 e. The van der Waals surface area contributed by atoms with E-state index in [1.165, 1.54) is 0 Å². The molecule has 0 spiro atoms. The third-order valence-corrected chi connectivity index (χ3v) is 1.91. The van der Waals surface area contributed by atoms with E-state index in [1.807, 2.05) is 12.2 Å². The second kappa shape index (κ2) is 3.36. The van der Waals surface area contributed by atoms with Crippen LogP contribution in [0.4, 0.5) is 0 Å². The number of hydrogen-bond donors (Lipinski definition) is 0. The minimum Gasteiger partial charge on any atom is -0.599 e. The van der Waals surface area contributed by atoms with Crippen molar-refractivity contribution in [2.24, 2.45) is 11.0 Å². The van der Waals surface area contributed by atoms with Crippen LogP contribution in [0.2, 0.25) is 0 Å². The fourth-order valence-electron chi connectivity index (χ4n) is 1.29. The Morgan fingerprint density at radius 2 is 2.27 bits per heavy atom. The number of hydrogen-bond acceptors (Lipinski definition) is 1. The summed E-state index contributed by atoms with van der Waals surface area (Å²) in [6.07, 6.45) is 8.24. The van der Waals surface area contributed by atoms with E-state index in [-0.39, 0.29) is 21.1 Å². The predicted molar refractivity (Wildman–Crippen MR) is 42.0 cm³/mol. The van der Waals surface area contributed by atoms with E-state index in [0.717, 1.165) is 5.71 Å². The van der Waals surface area contributed by atoms with Gasteiger partial charge in [-0.25, -0.2) is 0 Å². The molecular formula is C8H9N2Pt-. The predicted octanol–water partition coefficient (Wildman–Crippen LogP) is 1.86. The van der Waals surface area contributed by atoms with E-state index in [2.05, 4.69) is 29.6 Å². The zero-order chi connectivity index (χ0) is 6.97. The Hall–Kier alpha value is -0.362. The molecule has 1 heterocycles. The summed E-state index contributed by atoms with van der Waals surface area (Å²) in [5.41, 5.74) is 5.17. The first kappa shape index (κ1) is 8.73. The van der Waals surface area contributed by atoms with Crippen molar-refractivity contribution in [3.63, 3.8) is 0 Å². The molecule has 0 amide bonds. The molecule has 2 unspecified atom stereocenters. The van der Waals surface area contributed by atoms with Crippen LogP contribution < -0.4 is 0 Å². The maximum atomic E-state index is 4.07. The normalized spacial score (nSPS) is 31.9. The molecule has 0 aromatic carbocycles. The Morgan fingerprint density at radius 1 is 1.45 bits per heavy atom. The zero-order valence-electron chi connectivity index (χ0n) is 6.17. The van der Waals surface area contributed by atoms with E-state index < -0.39 is 0 Å². The van der Waals surface area contributed by atoms with Crippen LogP contribution >= 0.6 is 0 Å². The van der Waals surface area contributed by atoms with Crippen molar-refractivity contribution >= 4 is 5.71 Å². The molecule has 0 aromatic rings. The molecule has 0 radical (unpaired) electrons. The first-order valence-corrected chi connectivity index (χ1v) is 3.50. The molecular weight excluding hydrogens is 319 g/mol. The van der Waals surface area contributed by atoms with E-state index in [0.29, 0.717) is 12.0 Å². The zero-order valence-corrected chi connectivity index (χ0v) is 8.45. The number of allylic oxidation sites excluding steroid dienone is 3. The Labute approximate surface area is 80.7 Å². The summed E-state index contributed by atoms with van der Waals surface area (Å²) in [6.45, 7) is 2.09. The van der Waals surface area contributed by atoms with Gasteiger partial charge in [-0.2, -0.15) is 0 Å². The van der Waals surface area contributed by atoms with Gasteiger partial charge in [0.25, 0.3) is 0 Å². The molecule has 2 aliphatic rings. The van der Waals surface area contributed by atoms with E-state index in [1.54, 1.807) is 0 Å². The fraction of sp³-hybridized carbons (Fsp3) is 0.375. The van der Waals surface area contributed by atoms with Crippen molar-refractivity contribution in [3.8, 4) is 0 Å². The second-order valence-corrected chi connectivity index (χ2v) is 2.65. The number of rotatable bonds is 0. The Kier molecular flexibility index (Phi) is 2.66. The van der Waals surface area contributed by atoms with Gasteiger partial charge in [0.1, 0.15) is 0 Å². The third kappa shape index (κ3) is 1.46. The van der Waals surface area contributed by atoms with Gasteiger partial charge < -0.3 is 10.5 Å². The van der Waals surface area contributed by atoms with Gasteiger partial charge in [0.2, 0.25) is 0 Å².